The molecule has 0 saturated carbocycles. The fourth-order valence-electron chi connectivity index (χ4n) is 1.53. The topological polar surface area (TPSA) is 66.4 Å². The monoisotopic (exact) mass is 301 g/mol. The first-order chi connectivity index (χ1) is 9.88. The average molecular weight is 301 g/mol. The van der Waals surface area contributed by atoms with Gasteiger partial charge in [-0.1, -0.05) is 24.3 Å². The van der Waals surface area contributed by atoms with Gasteiger partial charge in [0.25, 0.3) is 0 Å². The van der Waals surface area contributed by atoms with E-state index in [1.807, 2.05) is 5.32 Å². The molecule has 0 saturated heterocycles. The van der Waals surface area contributed by atoms with Gasteiger partial charge in [0.1, 0.15) is 11.9 Å². The second kappa shape index (κ2) is 8.08. The van der Waals surface area contributed by atoms with Gasteiger partial charge < -0.3 is 10.4 Å². The molecule has 21 heavy (non-hydrogen) atoms. The molecule has 0 aromatic heterocycles. The zero-order chi connectivity index (χ0) is 15.8. The third-order valence-corrected chi connectivity index (χ3v) is 2.53. The number of amides is 1. The van der Waals surface area contributed by atoms with E-state index < -0.39 is 30.8 Å². The van der Waals surface area contributed by atoms with Crippen molar-refractivity contribution in [3.8, 4) is 0 Å². The van der Waals surface area contributed by atoms with Crippen LogP contribution in [0.3, 0.4) is 0 Å². The van der Waals surface area contributed by atoms with Crippen molar-refractivity contribution in [2.45, 2.75) is 25.3 Å². The molecule has 1 aromatic rings. The Hall–Kier alpha value is -2.31. The van der Waals surface area contributed by atoms with Crippen LogP contribution in [-0.2, 0) is 9.59 Å². The molecule has 0 heterocycles. The maximum Gasteiger partial charge on any atom is 0.326 e. The van der Waals surface area contributed by atoms with Crippen LogP contribution >= 0.6 is 0 Å². The highest BCUT2D eigenvalue weighted by Gasteiger charge is 2.23. The second-order valence-corrected chi connectivity index (χ2v) is 4.24. The summed E-state index contributed by atoms with van der Waals surface area (Å²) in [6, 6.07) is 3.89. The lowest BCUT2D eigenvalue weighted by molar-refractivity contribution is -0.142. The van der Waals surface area contributed by atoms with Crippen molar-refractivity contribution in [1.82, 2.24) is 5.32 Å². The molecule has 0 fully saturated rings. The first-order valence-corrected chi connectivity index (χ1v) is 6.11. The Morgan fingerprint density at radius 1 is 1.24 bits per heavy atom. The number of hydrogen-bond acceptors (Lipinski definition) is 2. The predicted molar refractivity (Wildman–Crippen MR) is 70.2 cm³/mol. The van der Waals surface area contributed by atoms with Crippen LogP contribution in [0.4, 0.5) is 13.2 Å². The van der Waals surface area contributed by atoms with Crippen molar-refractivity contribution in [2.24, 2.45) is 0 Å². The van der Waals surface area contributed by atoms with Crippen LogP contribution in [0.25, 0.3) is 6.08 Å². The van der Waals surface area contributed by atoms with E-state index in [0.29, 0.717) is 5.56 Å². The van der Waals surface area contributed by atoms with Gasteiger partial charge in [0.15, 0.2) is 0 Å². The van der Waals surface area contributed by atoms with E-state index in [0.717, 1.165) is 0 Å². The molecule has 114 valence electrons. The Morgan fingerprint density at radius 3 is 2.38 bits per heavy atom. The lowest BCUT2D eigenvalue weighted by Gasteiger charge is -2.13. The van der Waals surface area contributed by atoms with Crippen LogP contribution < -0.4 is 5.32 Å². The van der Waals surface area contributed by atoms with Gasteiger partial charge in [0.05, 0.1) is 0 Å². The standard InChI is InChI=1S/C14H14F3NO3/c15-10-6-4-9(5-7-10)2-1-3-13(19)18-11(14(20)21)8-12(16)17/h1-2,4-7,11-12H,3,8H2,(H,18,19)(H,20,21)/b2-1+. The number of hydrogen-bond donors (Lipinski definition) is 2. The summed E-state index contributed by atoms with van der Waals surface area (Å²) in [5, 5.41) is 10.7. The highest BCUT2D eigenvalue weighted by molar-refractivity contribution is 5.84. The summed E-state index contributed by atoms with van der Waals surface area (Å²) in [4.78, 5) is 22.1. The Bertz CT molecular complexity index is 515. The summed E-state index contributed by atoms with van der Waals surface area (Å²) in [5.41, 5.74) is 0.659. The molecule has 0 radical (unpaired) electrons. The van der Waals surface area contributed by atoms with Gasteiger partial charge in [-0.25, -0.2) is 18.0 Å². The molecule has 2 N–H and O–H groups in total. The normalized spacial score (nSPS) is 12.6. The van der Waals surface area contributed by atoms with Crippen molar-refractivity contribution >= 4 is 18.0 Å². The first kappa shape index (κ1) is 16.7. The number of halogens is 3. The van der Waals surface area contributed by atoms with E-state index in [-0.39, 0.29) is 12.2 Å². The van der Waals surface area contributed by atoms with Gasteiger partial charge in [-0.2, -0.15) is 0 Å². The number of aliphatic carboxylic acids is 1. The fourth-order valence-corrected chi connectivity index (χ4v) is 1.53. The number of carbonyl (C=O) groups is 2. The molecule has 1 aromatic carbocycles. The maximum atomic E-state index is 12.7. The highest BCUT2D eigenvalue weighted by Crippen LogP contribution is 2.06. The minimum absolute atomic E-state index is 0.162. The van der Waals surface area contributed by atoms with Gasteiger partial charge in [-0.3, -0.25) is 4.79 Å². The quantitative estimate of drug-likeness (QED) is 0.813. The van der Waals surface area contributed by atoms with E-state index in [4.69, 9.17) is 5.11 Å². The van der Waals surface area contributed by atoms with Gasteiger partial charge in [0.2, 0.25) is 12.3 Å². The molecular weight excluding hydrogens is 287 g/mol. The van der Waals surface area contributed by atoms with E-state index in [1.165, 1.54) is 30.3 Å². The van der Waals surface area contributed by atoms with E-state index in [2.05, 4.69) is 0 Å². The van der Waals surface area contributed by atoms with Crippen LogP contribution in [-0.4, -0.2) is 29.5 Å². The largest absolute Gasteiger partial charge is 0.480 e. The van der Waals surface area contributed by atoms with Gasteiger partial charge in [0, 0.05) is 12.8 Å². The highest BCUT2D eigenvalue weighted by atomic mass is 19.3. The number of carbonyl (C=O) groups excluding carboxylic acids is 1. The summed E-state index contributed by atoms with van der Waals surface area (Å²) in [5.74, 6) is -2.58. The second-order valence-electron chi connectivity index (χ2n) is 4.24. The predicted octanol–water partition coefficient (Wildman–Crippen LogP) is 2.45. The molecule has 1 amide bonds. The van der Waals surface area contributed by atoms with Crippen molar-refractivity contribution in [3.63, 3.8) is 0 Å². The molecule has 0 aliphatic rings. The van der Waals surface area contributed by atoms with Crippen LogP contribution in [0.1, 0.15) is 18.4 Å². The third kappa shape index (κ3) is 6.60. The SMILES string of the molecule is O=C(C/C=C/c1ccc(F)cc1)NC(CC(F)F)C(=O)O. The van der Waals surface area contributed by atoms with E-state index >= 15 is 0 Å². The lowest BCUT2D eigenvalue weighted by atomic mass is 10.2. The molecule has 0 spiro atoms. The summed E-state index contributed by atoms with van der Waals surface area (Å²) in [7, 11) is 0. The lowest BCUT2D eigenvalue weighted by Crippen LogP contribution is -2.41. The van der Waals surface area contributed by atoms with Crippen molar-refractivity contribution in [3.05, 3.63) is 41.7 Å². The van der Waals surface area contributed by atoms with Crippen LogP contribution in [0, 0.1) is 5.82 Å². The molecule has 0 aliphatic heterocycles. The molecule has 4 nitrogen and oxygen atoms in total. The first-order valence-electron chi connectivity index (χ1n) is 6.11. The Labute approximate surface area is 119 Å². The molecule has 0 bridgehead atoms. The van der Waals surface area contributed by atoms with Crippen molar-refractivity contribution in [1.29, 1.82) is 0 Å². The minimum atomic E-state index is -2.82. The summed E-state index contributed by atoms with van der Waals surface area (Å²) in [6.45, 7) is 0. The van der Waals surface area contributed by atoms with Crippen LogP contribution in [0.5, 0.6) is 0 Å². The molecule has 1 rings (SSSR count). The molecule has 0 aliphatic carbocycles. The molecule has 7 heteroatoms. The smallest absolute Gasteiger partial charge is 0.326 e. The Balaban J connectivity index is 2.48. The van der Waals surface area contributed by atoms with Gasteiger partial charge in [-0.15, -0.1) is 0 Å². The zero-order valence-electron chi connectivity index (χ0n) is 10.9. The summed E-state index contributed by atoms with van der Waals surface area (Å²) >= 11 is 0. The van der Waals surface area contributed by atoms with E-state index in [1.54, 1.807) is 6.08 Å². The summed E-state index contributed by atoms with van der Waals surface area (Å²) in [6.07, 6.45) is -0.944. The van der Waals surface area contributed by atoms with Crippen LogP contribution in [0.2, 0.25) is 0 Å². The van der Waals surface area contributed by atoms with Gasteiger partial charge in [-0.05, 0) is 17.7 Å². The van der Waals surface area contributed by atoms with Crippen molar-refractivity contribution < 1.29 is 27.9 Å². The molecular formula is C14H14F3NO3. The van der Waals surface area contributed by atoms with E-state index in [9.17, 15) is 22.8 Å². The van der Waals surface area contributed by atoms with Crippen molar-refractivity contribution in [2.75, 3.05) is 0 Å². The number of rotatable bonds is 7. The number of nitrogens with one attached hydrogen (secondary N) is 1. The van der Waals surface area contributed by atoms with Gasteiger partial charge >= 0.3 is 5.97 Å². The minimum Gasteiger partial charge on any atom is -0.480 e. The fraction of sp³-hybridized carbons (Fsp3) is 0.286. The number of carboxylic acids is 1. The molecule has 1 atom stereocenters. The Kier molecular flexibility index (Phi) is 6.45. The summed E-state index contributed by atoms with van der Waals surface area (Å²) < 4.78 is 36.9. The third-order valence-electron chi connectivity index (χ3n) is 2.53. The zero-order valence-corrected chi connectivity index (χ0v) is 10.9. The number of benzene rings is 1. The number of carboxylic acid groups (broad SMARTS) is 1. The maximum absolute atomic E-state index is 12.7. The number of alkyl halides is 2. The average Bonchev–Trinajstić information content (AvgIpc) is 2.39. The molecule has 1 unspecified atom stereocenters. The Morgan fingerprint density at radius 2 is 1.86 bits per heavy atom. The van der Waals surface area contributed by atoms with Crippen LogP contribution in [0.15, 0.2) is 30.3 Å².